The highest BCUT2D eigenvalue weighted by atomic mass is 79.9. The summed E-state index contributed by atoms with van der Waals surface area (Å²) in [5.74, 6) is -1.70. The number of hydrogen-bond donors (Lipinski definition) is 1. The summed E-state index contributed by atoms with van der Waals surface area (Å²) in [5, 5.41) is 9.07. The summed E-state index contributed by atoms with van der Waals surface area (Å²) in [5.41, 5.74) is 0. The fraction of sp³-hybridized carbons (Fsp3) is 0.417. The second-order valence-corrected chi connectivity index (χ2v) is 8.34. The predicted molar refractivity (Wildman–Crippen MR) is 83.3 cm³/mol. The Labute approximate surface area is 141 Å². The summed E-state index contributed by atoms with van der Waals surface area (Å²) in [6.07, 6.45) is 0.950. The summed E-state index contributed by atoms with van der Waals surface area (Å²) in [4.78, 5) is 10.9. The molecule has 9 heteroatoms. The highest BCUT2D eigenvalue weighted by Gasteiger charge is 2.35. The van der Waals surface area contributed by atoms with E-state index in [9.17, 15) is 13.2 Å². The lowest BCUT2D eigenvalue weighted by Gasteiger charge is -2.30. The molecular weight excluding hydrogens is 405 g/mol. The van der Waals surface area contributed by atoms with Crippen LogP contribution in [0.2, 0.25) is 10.0 Å². The summed E-state index contributed by atoms with van der Waals surface area (Å²) >= 11 is 15.2. The van der Waals surface area contributed by atoms with E-state index >= 15 is 0 Å². The lowest BCUT2D eigenvalue weighted by molar-refractivity contribution is -0.142. The molecule has 116 valence electrons. The van der Waals surface area contributed by atoms with Crippen LogP contribution in [0.4, 0.5) is 0 Å². The van der Waals surface area contributed by atoms with Crippen molar-refractivity contribution in [2.75, 3.05) is 13.1 Å². The number of carboxylic acids is 1. The molecule has 1 atom stereocenters. The molecule has 0 amide bonds. The molecule has 0 spiro atoms. The molecule has 1 aliphatic heterocycles. The summed E-state index contributed by atoms with van der Waals surface area (Å²) in [6.45, 7) is 0.190. The fourth-order valence-corrected chi connectivity index (χ4v) is 5.67. The van der Waals surface area contributed by atoms with E-state index in [0.717, 1.165) is 4.31 Å². The molecule has 0 radical (unpaired) electrons. The maximum Gasteiger partial charge on any atom is 0.307 e. The SMILES string of the molecule is O=C(O)C1CCCN(S(=O)(=O)c2c(Cl)cc(Br)cc2Cl)C1. The van der Waals surface area contributed by atoms with E-state index in [2.05, 4.69) is 15.9 Å². The average molecular weight is 417 g/mol. The van der Waals surface area contributed by atoms with Gasteiger partial charge in [-0.05, 0) is 25.0 Å². The summed E-state index contributed by atoms with van der Waals surface area (Å²) < 4.78 is 27.0. The number of hydrogen-bond acceptors (Lipinski definition) is 3. The second-order valence-electron chi connectivity index (χ2n) is 4.74. The lowest BCUT2D eigenvalue weighted by atomic mass is 10.0. The van der Waals surface area contributed by atoms with Crippen LogP contribution in [0.15, 0.2) is 21.5 Å². The Bertz CT molecular complexity index is 657. The zero-order chi connectivity index (χ0) is 15.8. The van der Waals surface area contributed by atoms with Crippen molar-refractivity contribution in [2.45, 2.75) is 17.7 Å². The Morgan fingerprint density at radius 1 is 1.33 bits per heavy atom. The molecule has 0 aliphatic carbocycles. The molecule has 21 heavy (non-hydrogen) atoms. The van der Waals surface area contributed by atoms with Crippen LogP contribution in [0.3, 0.4) is 0 Å². The first-order valence-corrected chi connectivity index (χ1v) is 9.10. The van der Waals surface area contributed by atoms with Crippen molar-refractivity contribution < 1.29 is 18.3 Å². The third kappa shape index (κ3) is 3.53. The number of aliphatic carboxylic acids is 1. The molecule has 1 N–H and O–H groups in total. The van der Waals surface area contributed by atoms with Crippen molar-refractivity contribution in [3.8, 4) is 0 Å². The molecule has 1 unspecified atom stereocenters. The standard InChI is InChI=1S/C12H12BrCl2NO4S/c13-8-4-9(14)11(10(15)5-8)21(19,20)16-3-1-2-7(6-16)12(17)18/h4-5,7H,1-3,6H2,(H,17,18). The maximum atomic E-state index is 12.7. The van der Waals surface area contributed by atoms with E-state index in [-0.39, 0.29) is 28.0 Å². The summed E-state index contributed by atoms with van der Waals surface area (Å²) in [6, 6.07) is 2.89. The van der Waals surface area contributed by atoms with E-state index in [1.807, 2.05) is 0 Å². The first-order valence-electron chi connectivity index (χ1n) is 6.11. The van der Waals surface area contributed by atoms with E-state index in [0.29, 0.717) is 17.3 Å². The smallest absolute Gasteiger partial charge is 0.307 e. The van der Waals surface area contributed by atoms with Gasteiger partial charge in [-0.1, -0.05) is 39.1 Å². The van der Waals surface area contributed by atoms with Crippen LogP contribution >= 0.6 is 39.1 Å². The van der Waals surface area contributed by atoms with E-state index in [1.165, 1.54) is 12.1 Å². The monoisotopic (exact) mass is 415 g/mol. The molecule has 0 aromatic heterocycles. The van der Waals surface area contributed by atoms with Crippen LogP contribution in [0.1, 0.15) is 12.8 Å². The van der Waals surface area contributed by atoms with E-state index < -0.39 is 21.9 Å². The van der Waals surface area contributed by atoms with Crippen LogP contribution in [-0.2, 0) is 14.8 Å². The van der Waals surface area contributed by atoms with E-state index in [4.69, 9.17) is 28.3 Å². The fourth-order valence-electron chi connectivity index (χ4n) is 2.27. The number of sulfonamides is 1. The minimum absolute atomic E-state index is 0.00632. The van der Waals surface area contributed by atoms with Gasteiger partial charge in [-0.3, -0.25) is 4.79 Å². The van der Waals surface area contributed by atoms with Gasteiger partial charge in [0.25, 0.3) is 0 Å². The largest absolute Gasteiger partial charge is 0.481 e. The number of halogens is 3. The Balaban J connectivity index is 2.41. The van der Waals surface area contributed by atoms with E-state index in [1.54, 1.807) is 0 Å². The Morgan fingerprint density at radius 2 is 1.90 bits per heavy atom. The third-order valence-corrected chi connectivity index (χ3v) is 6.54. The van der Waals surface area contributed by atoms with Crippen molar-refractivity contribution in [1.82, 2.24) is 4.31 Å². The van der Waals surface area contributed by atoms with Gasteiger partial charge in [0, 0.05) is 17.6 Å². The van der Waals surface area contributed by atoms with Gasteiger partial charge in [-0.25, -0.2) is 8.42 Å². The molecule has 1 fully saturated rings. The molecule has 1 heterocycles. The van der Waals surface area contributed by atoms with Crippen molar-refractivity contribution in [3.05, 3.63) is 26.7 Å². The van der Waals surface area contributed by atoms with Crippen molar-refractivity contribution >= 4 is 55.1 Å². The molecule has 1 aromatic rings. The van der Waals surface area contributed by atoms with Crippen LogP contribution in [-0.4, -0.2) is 36.9 Å². The topological polar surface area (TPSA) is 74.7 Å². The Hall–Kier alpha value is -0.340. The van der Waals surface area contributed by atoms with Gasteiger partial charge in [0.1, 0.15) is 4.90 Å². The van der Waals surface area contributed by atoms with Gasteiger partial charge in [-0.2, -0.15) is 4.31 Å². The number of carboxylic acid groups (broad SMARTS) is 1. The summed E-state index contributed by atoms with van der Waals surface area (Å²) in [7, 11) is -3.92. The van der Waals surface area contributed by atoms with Gasteiger partial charge < -0.3 is 5.11 Å². The lowest BCUT2D eigenvalue weighted by Crippen LogP contribution is -2.42. The third-order valence-electron chi connectivity index (χ3n) is 3.29. The molecule has 0 bridgehead atoms. The van der Waals surface area contributed by atoms with Gasteiger partial charge in [0.2, 0.25) is 10.0 Å². The molecule has 0 saturated carbocycles. The zero-order valence-electron chi connectivity index (χ0n) is 10.7. The molecule has 1 aliphatic rings. The first-order chi connectivity index (χ1) is 9.73. The molecule has 2 rings (SSSR count). The number of piperidine rings is 1. The van der Waals surface area contributed by atoms with Crippen LogP contribution < -0.4 is 0 Å². The Morgan fingerprint density at radius 3 is 2.43 bits per heavy atom. The number of nitrogens with zero attached hydrogens (tertiary/aromatic N) is 1. The van der Waals surface area contributed by atoms with Gasteiger partial charge in [0.05, 0.1) is 16.0 Å². The van der Waals surface area contributed by atoms with Crippen LogP contribution in [0.25, 0.3) is 0 Å². The zero-order valence-corrected chi connectivity index (χ0v) is 14.6. The van der Waals surface area contributed by atoms with Gasteiger partial charge >= 0.3 is 5.97 Å². The number of benzene rings is 1. The number of carbonyl (C=O) groups is 1. The van der Waals surface area contributed by atoms with Gasteiger partial charge in [-0.15, -0.1) is 0 Å². The second kappa shape index (κ2) is 6.42. The van der Waals surface area contributed by atoms with Crippen molar-refractivity contribution in [2.24, 2.45) is 5.92 Å². The Kier molecular flexibility index (Phi) is 5.20. The first kappa shape index (κ1) is 17.0. The van der Waals surface area contributed by atoms with Crippen molar-refractivity contribution in [3.63, 3.8) is 0 Å². The predicted octanol–water partition coefficient (Wildman–Crippen LogP) is 3.24. The minimum Gasteiger partial charge on any atom is -0.481 e. The minimum atomic E-state index is -3.92. The quantitative estimate of drug-likeness (QED) is 0.820. The average Bonchev–Trinajstić information content (AvgIpc) is 2.37. The molecule has 5 nitrogen and oxygen atoms in total. The molecule has 1 saturated heterocycles. The van der Waals surface area contributed by atoms with Crippen molar-refractivity contribution in [1.29, 1.82) is 0 Å². The molecule has 1 aromatic carbocycles. The highest BCUT2D eigenvalue weighted by molar-refractivity contribution is 9.10. The van der Waals surface area contributed by atoms with Gasteiger partial charge in [0.15, 0.2) is 0 Å². The number of rotatable bonds is 3. The highest BCUT2D eigenvalue weighted by Crippen LogP contribution is 2.36. The molecular formula is C12H12BrCl2NO4S. The van der Waals surface area contributed by atoms with Crippen LogP contribution in [0, 0.1) is 5.92 Å². The maximum absolute atomic E-state index is 12.7. The van der Waals surface area contributed by atoms with Crippen LogP contribution in [0.5, 0.6) is 0 Å². The normalized spacial score (nSPS) is 20.4.